The number of aliphatic hydroxyl groups excluding tert-OH is 1. The molecule has 4 heteroatoms. The standard InChI is InChI=1S/C11H15NO3/c1-14-8-2-3-11-10(6-8)12-7-9(15-11)4-5-13/h2-3,6,9,12-13H,4-5,7H2,1H3. The van der Waals surface area contributed by atoms with Crippen molar-refractivity contribution in [3.05, 3.63) is 18.2 Å². The molecule has 0 fully saturated rings. The van der Waals surface area contributed by atoms with E-state index in [4.69, 9.17) is 14.6 Å². The zero-order chi connectivity index (χ0) is 10.7. The van der Waals surface area contributed by atoms with E-state index in [1.807, 2.05) is 18.2 Å². The molecule has 0 bridgehead atoms. The van der Waals surface area contributed by atoms with Gasteiger partial charge in [-0.3, -0.25) is 0 Å². The van der Waals surface area contributed by atoms with Crippen molar-refractivity contribution in [3.63, 3.8) is 0 Å². The number of hydrogen-bond donors (Lipinski definition) is 2. The fraction of sp³-hybridized carbons (Fsp3) is 0.455. The number of methoxy groups -OCH3 is 1. The van der Waals surface area contributed by atoms with Gasteiger partial charge < -0.3 is 19.9 Å². The van der Waals surface area contributed by atoms with Crippen molar-refractivity contribution in [3.8, 4) is 11.5 Å². The molecule has 0 radical (unpaired) electrons. The first-order valence-electron chi connectivity index (χ1n) is 5.03. The Morgan fingerprint density at radius 2 is 2.47 bits per heavy atom. The quantitative estimate of drug-likeness (QED) is 0.786. The molecule has 1 unspecified atom stereocenters. The monoisotopic (exact) mass is 209 g/mol. The molecule has 1 atom stereocenters. The third-order valence-electron chi connectivity index (χ3n) is 2.45. The number of aliphatic hydroxyl groups is 1. The second-order valence-corrected chi connectivity index (χ2v) is 3.50. The van der Waals surface area contributed by atoms with Crippen LogP contribution in [0.25, 0.3) is 0 Å². The highest BCUT2D eigenvalue weighted by Crippen LogP contribution is 2.32. The fourth-order valence-electron chi connectivity index (χ4n) is 1.63. The molecule has 1 aromatic carbocycles. The lowest BCUT2D eigenvalue weighted by molar-refractivity contribution is 0.158. The van der Waals surface area contributed by atoms with Crippen molar-refractivity contribution in [2.45, 2.75) is 12.5 Å². The van der Waals surface area contributed by atoms with Crippen molar-refractivity contribution in [1.29, 1.82) is 0 Å². The summed E-state index contributed by atoms with van der Waals surface area (Å²) >= 11 is 0. The molecule has 82 valence electrons. The van der Waals surface area contributed by atoms with Gasteiger partial charge in [0.25, 0.3) is 0 Å². The van der Waals surface area contributed by atoms with Crippen LogP contribution < -0.4 is 14.8 Å². The molecule has 1 aromatic rings. The molecule has 1 heterocycles. The van der Waals surface area contributed by atoms with Crippen LogP contribution in [0.5, 0.6) is 11.5 Å². The minimum atomic E-state index is 0.0518. The van der Waals surface area contributed by atoms with Gasteiger partial charge in [-0.15, -0.1) is 0 Å². The summed E-state index contributed by atoms with van der Waals surface area (Å²) in [6.45, 7) is 0.874. The van der Waals surface area contributed by atoms with Crippen LogP contribution in [-0.2, 0) is 0 Å². The molecule has 2 N–H and O–H groups in total. The average Bonchev–Trinajstić information content (AvgIpc) is 2.29. The van der Waals surface area contributed by atoms with E-state index in [0.29, 0.717) is 6.42 Å². The van der Waals surface area contributed by atoms with Crippen LogP contribution in [0.4, 0.5) is 5.69 Å². The van der Waals surface area contributed by atoms with E-state index in [1.165, 1.54) is 0 Å². The van der Waals surface area contributed by atoms with Gasteiger partial charge in [-0.1, -0.05) is 0 Å². The van der Waals surface area contributed by atoms with Gasteiger partial charge >= 0.3 is 0 Å². The lowest BCUT2D eigenvalue weighted by Crippen LogP contribution is -2.31. The summed E-state index contributed by atoms with van der Waals surface area (Å²) in [6, 6.07) is 5.65. The van der Waals surface area contributed by atoms with E-state index in [-0.39, 0.29) is 12.7 Å². The van der Waals surface area contributed by atoms with Crippen molar-refractivity contribution < 1.29 is 14.6 Å². The third kappa shape index (κ3) is 2.15. The minimum absolute atomic E-state index is 0.0518. The summed E-state index contributed by atoms with van der Waals surface area (Å²) in [5.74, 6) is 1.63. The average molecular weight is 209 g/mol. The van der Waals surface area contributed by atoms with E-state index in [9.17, 15) is 0 Å². The highest BCUT2D eigenvalue weighted by Gasteiger charge is 2.18. The molecule has 0 saturated carbocycles. The first-order valence-corrected chi connectivity index (χ1v) is 5.03. The predicted molar refractivity (Wildman–Crippen MR) is 57.6 cm³/mol. The molecule has 0 aromatic heterocycles. The van der Waals surface area contributed by atoms with Crippen molar-refractivity contribution in [2.75, 3.05) is 25.6 Å². The van der Waals surface area contributed by atoms with Gasteiger partial charge in [-0.2, -0.15) is 0 Å². The highest BCUT2D eigenvalue weighted by molar-refractivity contribution is 5.61. The van der Waals surface area contributed by atoms with Gasteiger partial charge in [0.2, 0.25) is 0 Å². The first kappa shape index (κ1) is 10.1. The fourth-order valence-corrected chi connectivity index (χ4v) is 1.63. The Bertz CT molecular complexity index is 341. The van der Waals surface area contributed by atoms with E-state index in [0.717, 1.165) is 23.7 Å². The van der Waals surface area contributed by atoms with Crippen LogP contribution in [0.2, 0.25) is 0 Å². The second-order valence-electron chi connectivity index (χ2n) is 3.50. The van der Waals surface area contributed by atoms with Crippen LogP contribution in [0, 0.1) is 0 Å². The Balaban J connectivity index is 2.13. The Labute approximate surface area is 88.8 Å². The van der Waals surface area contributed by atoms with Gasteiger partial charge in [0.05, 0.1) is 19.3 Å². The Hall–Kier alpha value is -1.42. The molecule has 0 amide bonds. The lowest BCUT2D eigenvalue weighted by Gasteiger charge is -2.27. The van der Waals surface area contributed by atoms with E-state index < -0.39 is 0 Å². The number of benzene rings is 1. The topological polar surface area (TPSA) is 50.7 Å². The van der Waals surface area contributed by atoms with E-state index >= 15 is 0 Å². The molecule has 0 spiro atoms. The van der Waals surface area contributed by atoms with Crippen molar-refractivity contribution in [1.82, 2.24) is 0 Å². The van der Waals surface area contributed by atoms with Crippen LogP contribution in [0.15, 0.2) is 18.2 Å². The SMILES string of the molecule is COc1ccc2c(c1)NCC(CCO)O2. The zero-order valence-electron chi connectivity index (χ0n) is 8.69. The molecule has 1 aliphatic heterocycles. The number of ether oxygens (including phenoxy) is 2. The number of fused-ring (bicyclic) bond motifs is 1. The first-order chi connectivity index (χ1) is 7.33. The molecule has 2 rings (SSSR count). The number of hydrogen-bond acceptors (Lipinski definition) is 4. The van der Waals surface area contributed by atoms with E-state index in [2.05, 4.69) is 5.32 Å². The Kier molecular flexibility index (Phi) is 2.97. The molecule has 0 saturated heterocycles. The maximum atomic E-state index is 8.82. The van der Waals surface area contributed by atoms with Gasteiger partial charge in [0.15, 0.2) is 0 Å². The summed E-state index contributed by atoms with van der Waals surface area (Å²) in [4.78, 5) is 0. The molecule has 4 nitrogen and oxygen atoms in total. The lowest BCUT2D eigenvalue weighted by atomic mass is 10.2. The van der Waals surface area contributed by atoms with Crippen LogP contribution in [-0.4, -0.2) is 31.5 Å². The third-order valence-corrected chi connectivity index (χ3v) is 2.45. The molecular formula is C11H15NO3. The second kappa shape index (κ2) is 4.40. The summed E-state index contributed by atoms with van der Waals surface area (Å²) in [5.41, 5.74) is 0.948. The van der Waals surface area contributed by atoms with E-state index in [1.54, 1.807) is 7.11 Å². The van der Waals surface area contributed by atoms with Crippen molar-refractivity contribution in [2.24, 2.45) is 0 Å². The molecule has 15 heavy (non-hydrogen) atoms. The maximum Gasteiger partial charge on any atom is 0.143 e. The summed E-state index contributed by atoms with van der Waals surface area (Å²) in [5, 5.41) is 12.1. The molecule has 1 aliphatic rings. The Morgan fingerprint density at radius 3 is 3.20 bits per heavy atom. The van der Waals surface area contributed by atoms with Crippen LogP contribution in [0.1, 0.15) is 6.42 Å². The summed E-state index contributed by atoms with van der Waals surface area (Å²) in [7, 11) is 1.64. The number of rotatable bonds is 3. The maximum absolute atomic E-state index is 8.82. The highest BCUT2D eigenvalue weighted by atomic mass is 16.5. The van der Waals surface area contributed by atoms with Gasteiger partial charge in [-0.25, -0.2) is 0 Å². The smallest absolute Gasteiger partial charge is 0.143 e. The zero-order valence-corrected chi connectivity index (χ0v) is 8.69. The van der Waals surface area contributed by atoms with Crippen molar-refractivity contribution >= 4 is 5.69 Å². The predicted octanol–water partition coefficient (Wildman–Crippen LogP) is 1.25. The van der Waals surface area contributed by atoms with Crippen LogP contribution in [0.3, 0.4) is 0 Å². The number of nitrogens with one attached hydrogen (secondary N) is 1. The van der Waals surface area contributed by atoms with Crippen LogP contribution >= 0.6 is 0 Å². The van der Waals surface area contributed by atoms with Gasteiger partial charge in [0.1, 0.15) is 17.6 Å². The van der Waals surface area contributed by atoms with Gasteiger partial charge in [0, 0.05) is 19.1 Å². The minimum Gasteiger partial charge on any atom is -0.497 e. The Morgan fingerprint density at radius 1 is 1.60 bits per heavy atom. The number of anilines is 1. The van der Waals surface area contributed by atoms with Gasteiger partial charge in [-0.05, 0) is 12.1 Å². The largest absolute Gasteiger partial charge is 0.497 e. The normalized spacial score (nSPS) is 18.7. The molecular weight excluding hydrogens is 194 g/mol. The summed E-state index contributed by atoms with van der Waals surface area (Å²) < 4.78 is 10.8. The summed E-state index contributed by atoms with van der Waals surface area (Å²) in [6.07, 6.45) is 0.703. The molecule has 0 aliphatic carbocycles.